The van der Waals surface area contributed by atoms with E-state index < -0.39 is 0 Å². The van der Waals surface area contributed by atoms with E-state index in [9.17, 15) is 4.79 Å². The lowest BCUT2D eigenvalue weighted by atomic mass is 10.4. The zero-order valence-corrected chi connectivity index (χ0v) is 10.3. The molecule has 0 radical (unpaired) electrons. The van der Waals surface area contributed by atoms with Crippen LogP contribution in [0.25, 0.3) is 0 Å². The third-order valence-corrected chi connectivity index (χ3v) is 2.54. The summed E-state index contributed by atoms with van der Waals surface area (Å²) in [6.45, 7) is 5.32. The lowest BCUT2D eigenvalue weighted by molar-refractivity contribution is -0.121. The minimum Gasteiger partial charge on any atom is -0.380 e. The van der Waals surface area contributed by atoms with Gasteiger partial charge in [-0.05, 0) is 19.3 Å². The van der Waals surface area contributed by atoms with Gasteiger partial charge in [0.15, 0.2) is 0 Å². The van der Waals surface area contributed by atoms with Gasteiger partial charge >= 0.3 is 0 Å². The number of amides is 1. The minimum atomic E-state index is 0.168. The van der Waals surface area contributed by atoms with Gasteiger partial charge in [0.2, 0.25) is 5.91 Å². The lowest BCUT2D eigenvalue weighted by Crippen LogP contribution is -2.30. The van der Waals surface area contributed by atoms with Crippen molar-refractivity contribution in [3.05, 3.63) is 0 Å². The number of hydrogen-bond donors (Lipinski definition) is 2. The topological polar surface area (TPSA) is 50.4 Å². The number of carbonyl (C=O) groups is 1. The second-order valence-corrected chi connectivity index (χ2v) is 4.31. The van der Waals surface area contributed by atoms with Crippen molar-refractivity contribution in [2.45, 2.75) is 45.1 Å². The molecule has 1 amide bonds. The van der Waals surface area contributed by atoms with Crippen LogP contribution in [-0.4, -0.2) is 38.3 Å². The van der Waals surface area contributed by atoms with Crippen molar-refractivity contribution < 1.29 is 9.53 Å². The molecule has 94 valence electrons. The summed E-state index contributed by atoms with van der Waals surface area (Å²) in [4.78, 5) is 11.3. The van der Waals surface area contributed by atoms with Crippen LogP contribution in [0.15, 0.2) is 0 Å². The number of nitrogens with one attached hydrogen (secondary N) is 2. The molecule has 0 bridgehead atoms. The highest BCUT2D eigenvalue weighted by Gasteiger charge is 2.22. The van der Waals surface area contributed by atoms with Gasteiger partial charge < -0.3 is 15.4 Å². The van der Waals surface area contributed by atoms with Gasteiger partial charge in [0.1, 0.15) is 0 Å². The molecule has 0 unspecified atom stereocenters. The van der Waals surface area contributed by atoms with Gasteiger partial charge in [-0.2, -0.15) is 0 Å². The van der Waals surface area contributed by atoms with Crippen molar-refractivity contribution in [3.8, 4) is 0 Å². The molecule has 1 fully saturated rings. The summed E-state index contributed by atoms with van der Waals surface area (Å²) in [7, 11) is 0. The van der Waals surface area contributed by atoms with E-state index in [-0.39, 0.29) is 5.91 Å². The molecule has 0 aliphatic heterocycles. The molecule has 0 heterocycles. The van der Waals surface area contributed by atoms with E-state index in [0.717, 1.165) is 45.6 Å². The van der Waals surface area contributed by atoms with Gasteiger partial charge in [-0.25, -0.2) is 0 Å². The van der Waals surface area contributed by atoms with Crippen LogP contribution in [0.5, 0.6) is 0 Å². The smallest absolute Gasteiger partial charge is 0.221 e. The fourth-order valence-electron chi connectivity index (χ4n) is 1.35. The van der Waals surface area contributed by atoms with Gasteiger partial charge in [0, 0.05) is 32.2 Å². The summed E-state index contributed by atoms with van der Waals surface area (Å²) in [5.41, 5.74) is 0. The number of hydrogen-bond acceptors (Lipinski definition) is 3. The van der Waals surface area contributed by atoms with E-state index >= 15 is 0 Å². The van der Waals surface area contributed by atoms with Crippen LogP contribution >= 0.6 is 0 Å². The molecule has 0 atom stereocenters. The average Bonchev–Trinajstić information content (AvgIpc) is 3.06. The molecule has 0 aromatic heterocycles. The molecule has 0 saturated heterocycles. The summed E-state index contributed by atoms with van der Waals surface area (Å²) in [5, 5.41) is 6.16. The van der Waals surface area contributed by atoms with Gasteiger partial charge in [0.05, 0.1) is 6.61 Å². The Morgan fingerprint density at radius 2 is 2.12 bits per heavy atom. The van der Waals surface area contributed by atoms with Crippen molar-refractivity contribution >= 4 is 5.91 Å². The molecule has 1 aliphatic carbocycles. The Balaban J connectivity index is 1.75. The SMILES string of the molecule is CCCCOCCNCCC(=O)NC1CC1. The largest absolute Gasteiger partial charge is 0.380 e. The van der Waals surface area contributed by atoms with Crippen LogP contribution in [0, 0.1) is 0 Å². The second kappa shape index (κ2) is 8.53. The molecule has 16 heavy (non-hydrogen) atoms. The summed E-state index contributed by atoms with van der Waals surface area (Å²) >= 11 is 0. The van der Waals surface area contributed by atoms with Crippen LogP contribution in [0.4, 0.5) is 0 Å². The quantitative estimate of drug-likeness (QED) is 0.550. The Bertz CT molecular complexity index is 193. The molecule has 4 nitrogen and oxygen atoms in total. The van der Waals surface area contributed by atoms with Gasteiger partial charge in [-0.15, -0.1) is 0 Å². The van der Waals surface area contributed by atoms with Crippen molar-refractivity contribution in [2.75, 3.05) is 26.3 Å². The van der Waals surface area contributed by atoms with E-state index in [1.165, 1.54) is 6.42 Å². The molecule has 0 spiro atoms. The first kappa shape index (κ1) is 13.5. The number of rotatable bonds is 10. The van der Waals surface area contributed by atoms with Gasteiger partial charge in [0.25, 0.3) is 0 Å². The number of unbranched alkanes of at least 4 members (excludes halogenated alkanes) is 1. The summed E-state index contributed by atoms with van der Waals surface area (Å²) < 4.78 is 5.39. The highest BCUT2D eigenvalue weighted by Crippen LogP contribution is 2.18. The van der Waals surface area contributed by atoms with Crippen LogP contribution in [0.2, 0.25) is 0 Å². The van der Waals surface area contributed by atoms with Crippen molar-refractivity contribution in [1.29, 1.82) is 0 Å². The maximum absolute atomic E-state index is 11.3. The molecule has 0 aromatic rings. The molecule has 0 aromatic carbocycles. The van der Waals surface area contributed by atoms with E-state index in [0.29, 0.717) is 12.5 Å². The normalized spacial score (nSPS) is 15.1. The first-order valence-electron chi connectivity index (χ1n) is 6.40. The Morgan fingerprint density at radius 1 is 1.31 bits per heavy atom. The predicted octanol–water partition coefficient (Wildman–Crippen LogP) is 1.06. The Hall–Kier alpha value is -0.610. The predicted molar refractivity (Wildman–Crippen MR) is 64.4 cm³/mol. The van der Waals surface area contributed by atoms with Gasteiger partial charge in [-0.1, -0.05) is 13.3 Å². The number of carbonyl (C=O) groups excluding carboxylic acids is 1. The molecular weight excluding hydrogens is 204 g/mol. The van der Waals surface area contributed by atoms with Crippen LogP contribution in [-0.2, 0) is 9.53 Å². The fourth-order valence-corrected chi connectivity index (χ4v) is 1.35. The fraction of sp³-hybridized carbons (Fsp3) is 0.917. The van der Waals surface area contributed by atoms with E-state index in [1.54, 1.807) is 0 Å². The molecule has 1 aliphatic rings. The molecular formula is C12H24N2O2. The number of ether oxygens (including phenoxy) is 1. The van der Waals surface area contributed by atoms with Crippen LogP contribution in [0.1, 0.15) is 39.0 Å². The van der Waals surface area contributed by atoms with Crippen LogP contribution in [0.3, 0.4) is 0 Å². The minimum absolute atomic E-state index is 0.168. The Kier molecular flexibility index (Phi) is 7.17. The Morgan fingerprint density at radius 3 is 2.81 bits per heavy atom. The van der Waals surface area contributed by atoms with Crippen molar-refractivity contribution in [3.63, 3.8) is 0 Å². The van der Waals surface area contributed by atoms with Crippen molar-refractivity contribution in [1.82, 2.24) is 10.6 Å². The third kappa shape index (κ3) is 7.65. The third-order valence-electron chi connectivity index (χ3n) is 2.54. The summed E-state index contributed by atoms with van der Waals surface area (Å²) in [6.07, 6.45) is 5.19. The van der Waals surface area contributed by atoms with Crippen molar-refractivity contribution in [2.24, 2.45) is 0 Å². The molecule has 4 heteroatoms. The highest BCUT2D eigenvalue weighted by atomic mass is 16.5. The first-order chi connectivity index (χ1) is 7.83. The zero-order chi connectivity index (χ0) is 11.6. The van der Waals surface area contributed by atoms with E-state index in [1.807, 2.05) is 0 Å². The highest BCUT2D eigenvalue weighted by molar-refractivity contribution is 5.76. The second-order valence-electron chi connectivity index (χ2n) is 4.31. The maximum atomic E-state index is 11.3. The van der Waals surface area contributed by atoms with Crippen LogP contribution < -0.4 is 10.6 Å². The van der Waals surface area contributed by atoms with Gasteiger partial charge in [-0.3, -0.25) is 4.79 Å². The average molecular weight is 228 g/mol. The monoisotopic (exact) mass is 228 g/mol. The molecule has 1 saturated carbocycles. The summed E-state index contributed by atoms with van der Waals surface area (Å²) in [5.74, 6) is 0.168. The first-order valence-corrected chi connectivity index (χ1v) is 6.40. The Labute approximate surface area is 98.1 Å². The molecule has 1 rings (SSSR count). The summed E-state index contributed by atoms with van der Waals surface area (Å²) in [6, 6.07) is 0.477. The lowest BCUT2D eigenvalue weighted by Gasteiger charge is -2.06. The van der Waals surface area contributed by atoms with E-state index in [4.69, 9.17) is 4.74 Å². The standard InChI is InChI=1S/C12H24N2O2/c1-2-3-9-16-10-8-13-7-6-12(15)14-11-4-5-11/h11,13H,2-10H2,1H3,(H,14,15). The molecule has 2 N–H and O–H groups in total. The van der Waals surface area contributed by atoms with E-state index in [2.05, 4.69) is 17.6 Å². The maximum Gasteiger partial charge on any atom is 0.221 e. The zero-order valence-electron chi connectivity index (χ0n) is 10.3.